The third kappa shape index (κ3) is 3.51. The molecular formula is C12H21N3OS. The number of nitrogens with two attached hydrogens (primary N) is 1. The fourth-order valence-electron chi connectivity index (χ4n) is 1.56. The highest BCUT2D eigenvalue weighted by molar-refractivity contribution is 7.11. The smallest absolute Gasteiger partial charge is 0.265 e. The van der Waals surface area contributed by atoms with Gasteiger partial charge in [-0.05, 0) is 25.8 Å². The van der Waals surface area contributed by atoms with Gasteiger partial charge in [0.1, 0.15) is 4.88 Å². The molecule has 0 unspecified atom stereocenters. The number of carbonyl (C=O) groups is 1. The molecule has 1 aromatic heterocycles. The second-order valence-electron chi connectivity index (χ2n) is 4.95. The summed E-state index contributed by atoms with van der Waals surface area (Å²) in [5.41, 5.74) is 8.18. The van der Waals surface area contributed by atoms with E-state index in [1.165, 1.54) is 11.3 Å². The number of nitrogens with zero attached hydrogens (tertiary/aromatic N) is 2. The van der Waals surface area contributed by atoms with Crippen molar-refractivity contribution in [3.8, 4) is 0 Å². The SMILES string of the molecule is CCN(CC(C)(C)CN)C(=O)c1scnc1C. The fraction of sp³-hybridized carbons (Fsp3) is 0.667. The van der Waals surface area contributed by atoms with Gasteiger partial charge in [0.15, 0.2) is 0 Å². The monoisotopic (exact) mass is 255 g/mol. The van der Waals surface area contributed by atoms with Gasteiger partial charge in [0.05, 0.1) is 11.2 Å². The van der Waals surface area contributed by atoms with E-state index in [4.69, 9.17) is 5.73 Å². The molecule has 5 heteroatoms. The van der Waals surface area contributed by atoms with Gasteiger partial charge in [-0.25, -0.2) is 4.98 Å². The third-order valence-corrected chi connectivity index (χ3v) is 3.70. The molecule has 1 amide bonds. The van der Waals surface area contributed by atoms with Gasteiger partial charge < -0.3 is 10.6 Å². The zero-order valence-electron chi connectivity index (χ0n) is 11.0. The van der Waals surface area contributed by atoms with Crippen molar-refractivity contribution in [2.75, 3.05) is 19.6 Å². The molecule has 0 aliphatic heterocycles. The standard InChI is InChI=1S/C12H21N3OS/c1-5-15(7-12(3,4)6-13)11(16)10-9(2)14-8-17-10/h8H,5-7,13H2,1-4H3. The van der Waals surface area contributed by atoms with Crippen molar-refractivity contribution in [3.05, 3.63) is 16.1 Å². The molecular weight excluding hydrogens is 234 g/mol. The van der Waals surface area contributed by atoms with Crippen molar-refractivity contribution >= 4 is 17.2 Å². The summed E-state index contributed by atoms with van der Waals surface area (Å²) in [6.45, 7) is 9.94. The molecule has 0 bridgehead atoms. The average Bonchev–Trinajstić information content (AvgIpc) is 2.71. The summed E-state index contributed by atoms with van der Waals surface area (Å²) in [7, 11) is 0. The van der Waals surface area contributed by atoms with Gasteiger partial charge in [0, 0.05) is 13.1 Å². The normalized spacial score (nSPS) is 11.6. The summed E-state index contributed by atoms with van der Waals surface area (Å²) < 4.78 is 0. The van der Waals surface area contributed by atoms with E-state index < -0.39 is 0 Å². The number of hydrogen-bond acceptors (Lipinski definition) is 4. The van der Waals surface area contributed by atoms with E-state index >= 15 is 0 Å². The van der Waals surface area contributed by atoms with Crippen LogP contribution in [0, 0.1) is 12.3 Å². The van der Waals surface area contributed by atoms with E-state index in [1.54, 1.807) is 5.51 Å². The Morgan fingerprint density at radius 1 is 1.59 bits per heavy atom. The number of amides is 1. The summed E-state index contributed by atoms with van der Waals surface area (Å²) in [6, 6.07) is 0. The van der Waals surface area contributed by atoms with E-state index in [-0.39, 0.29) is 11.3 Å². The van der Waals surface area contributed by atoms with Crippen LogP contribution in [0.25, 0.3) is 0 Å². The number of hydrogen-bond donors (Lipinski definition) is 1. The molecule has 0 aromatic carbocycles. The maximum atomic E-state index is 12.3. The Balaban J connectivity index is 2.82. The first-order valence-electron chi connectivity index (χ1n) is 5.80. The maximum absolute atomic E-state index is 12.3. The highest BCUT2D eigenvalue weighted by Gasteiger charge is 2.25. The van der Waals surface area contributed by atoms with Gasteiger partial charge in [-0.3, -0.25) is 4.79 Å². The lowest BCUT2D eigenvalue weighted by Crippen LogP contribution is -2.41. The van der Waals surface area contributed by atoms with Crippen LogP contribution in [0.15, 0.2) is 5.51 Å². The second-order valence-corrected chi connectivity index (χ2v) is 5.81. The first kappa shape index (κ1) is 14.1. The summed E-state index contributed by atoms with van der Waals surface area (Å²) in [5, 5.41) is 0. The van der Waals surface area contributed by atoms with E-state index in [2.05, 4.69) is 18.8 Å². The average molecular weight is 255 g/mol. The summed E-state index contributed by atoms with van der Waals surface area (Å²) in [5.74, 6) is 0.0639. The predicted molar refractivity (Wildman–Crippen MR) is 71.3 cm³/mol. The Hall–Kier alpha value is -0.940. The van der Waals surface area contributed by atoms with Crippen LogP contribution < -0.4 is 5.73 Å². The molecule has 1 rings (SSSR count). The zero-order valence-corrected chi connectivity index (χ0v) is 11.8. The number of rotatable bonds is 5. The molecule has 0 saturated heterocycles. The van der Waals surface area contributed by atoms with E-state index in [1.807, 2.05) is 18.7 Å². The molecule has 96 valence electrons. The molecule has 2 N–H and O–H groups in total. The molecule has 0 fully saturated rings. The summed E-state index contributed by atoms with van der Waals surface area (Å²) in [6.07, 6.45) is 0. The highest BCUT2D eigenvalue weighted by Crippen LogP contribution is 2.19. The van der Waals surface area contributed by atoms with E-state index in [9.17, 15) is 4.79 Å². The van der Waals surface area contributed by atoms with Crippen LogP contribution in [-0.2, 0) is 0 Å². The topological polar surface area (TPSA) is 59.2 Å². The summed E-state index contributed by atoms with van der Waals surface area (Å²) >= 11 is 1.40. The summed E-state index contributed by atoms with van der Waals surface area (Å²) in [4.78, 5) is 19.0. The molecule has 17 heavy (non-hydrogen) atoms. The van der Waals surface area contributed by atoms with E-state index in [0.29, 0.717) is 19.6 Å². The molecule has 0 radical (unpaired) electrons. The van der Waals surface area contributed by atoms with Crippen LogP contribution in [0.2, 0.25) is 0 Å². The van der Waals surface area contributed by atoms with Crippen molar-refractivity contribution in [3.63, 3.8) is 0 Å². The zero-order chi connectivity index (χ0) is 13.1. The van der Waals surface area contributed by atoms with Gasteiger partial charge in [0.25, 0.3) is 5.91 Å². The quantitative estimate of drug-likeness (QED) is 0.874. The minimum atomic E-state index is -0.0513. The Morgan fingerprint density at radius 3 is 2.65 bits per heavy atom. The molecule has 0 saturated carbocycles. The third-order valence-electron chi connectivity index (χ3n) is 2.78. The largest absolute Gasteiger partial charge is 0.338 e. The number of aromatic nitrogens is 1. The van der Waals surface area contributed by atoms with Crippen LogP contribution in [0.5, 0.6) is 0 Å². The van der Waals surface area contributed by atoms with Crippen molar-refractivity contribution in [1.29, 1.82) is 0 Å². The lowest BCUT2D eigenvalue weighted by molar-refractivity contribution is 0.0705. The second kappa shape index (κ2) is 5.60. The maximum Gasteiger partial charge on any atom is 0.265 e. The Morgan fingerprint density at radius 2 is 2.24 bits per heavy atom. The van der Waals surface area contributed by atoms with Crippen molar-refractivity contribution in [2.45, 2.75) is 27.7 Å². The number of aryl methyl sites for hydroxylation is 1. The van der Waals surface area contributed by atoms with Crippen LogP contribution in [0.1, 0.15) is 36.1 Å². The Kier molecular flexibility index (Phi) is 4.65. The molecule has 0 aliphatic carbocycles. The Labute approximate surface area is 107 Å². The predicted octanol–water partition coefficient (Wildman–Crippen LogP) is 1.90. The van der Waals surface area contributed by atoms with Gasteiger partial charge in [-0.2, -0.15) is 0 Å². The lowest BCUT2D eigenvalue weighted by atomic mass is 9.93. The number of carbonyl (C=O) groups excluding carboxylic acids is 1. The first-order chi connectivity index (χ1) is 7.91. The van der Waals surface area contributed by atoms with Crippen LogP contribution >= 0.6 is 11.3 Å². The van der Waals surface area contributed by atoms with E-state index in [0.717, 1.165) is 10.6 Å². The number of thiazole rings is 1. The molecule has 1 aromatic rings. The first-order valence-corrected chi connectivity index (χ1v) is 6.68. The van der Waals surface area contributed by atoms with Crippen molar-refractivity contribution in [2.24, 2.45) is 11.1 Å². The van der Waals surface area contributed by atoms with Gasteiger partial charge in [-0.1, -0.05) is 13.8 Å². The minimum Gasteiger partial charge on any atom is -0.338 e. The Bertz CT molecular complexity index is 387. The molecule has 1 heterocycles. The van der Waals surface area contributed by atoms with Gasteiger partial charge >= 0.3 is 0 Å². The van der Waals surface area contributed by atoms with Crippen molar-refractivity contribution < 1.29 is 4.79 Å². The molecule has 4 nitrogen and oxygen atoms in total. The van der Waals surface area contributed by atoms with Crippen molar-refractivity contribution in [1.82, 2.24) is 9.88 Å². The minimum absolute atomic E-state index is 0.0513. The highest BCUT2D eigenvalue weighted by atomic mass is 32.1. The van der Waals surface area contributed by atoms with Gasteiger partial charge in [0.2, 0.25) is 0 Å². The lowest BCUT2D eigenvalue weighted by Gasteiger charge is -2.30. The van der Waals surface area contributed by atoms with Crippen LogP contribution in [0.4, 0.5) is 0 Å². The fourth-order valence-corrected chi connectivity index (χ4v) is 2.33. The molecule has 0 aliphatic rings. The van der Waals surface area contributed by atoms with Gasteiger partial charge in [-0.15, -0.1) is 11.3 Å². The molecule has 0 spiro atoms. The van der Waals surface area contributed by atoms with Crippen LogP contribution in [-0.4, -0.2) is 35.4 Å². The molecule has 0 atom stereocenters. The van der Waals surface area contributed by atoms with Crippen LogP contribution in [0.3, 0.4) is 0 Å².